The lowest BCUT2D eigenvalue weighted by Crippen LogP contribution is -2.13. The average molecular weight is 235 g/mol. The minimum absolute atomic E-state index is 0.378. The first kappa shape index (κ1) is 13.8. The van der Waals surface area contributed by atoms with Gasteiger partial charge in [-0.3, -0.25) is 0 Å². The zero-order valence-electron chi connectivity index (χ0n) is 11.5. The van der Waals surface area contributed by atoms with Gasteiger partial charge in [0, 0.05) is 31.0 Å². The normalized spacial score (nSPS) is 11.3. The Labute approximate surface area is 105 Å². The number of pyridine rings is 1. The number of nitrogens with zero attached hydrogens (tertiary/aromatic N) is 1. The van der Waals surface area contributed by atoms with Crippen LogP contribution >= 0.6 is 0 Å². The van der Waals surface area contributed by atoms with Gasteiger partial charge in [0.1, 0.15) is 5.82 Å². The molecule has 0 unspecified atom stereocenters. The molecule has 0 bridgehead atoms. The first-order valence-electron chi connectivity index (χ1n) is 6.45. The SMILES string of the molecule is CCCNc1cc(NCCC(C)(C)C)ccn1. The van der Waals surface area contributed by atoms with Crippen LogP contribution in [-0.2, 0) is 0 Å². The van der Waals surface area contributed by atoms with E-state index in [9.17, 15) is 0 Å². The second kappa shape index (κ2) is 6.48. The van der Waals surface area contributed by atoms with Crippen LogP contribution in [0.25, 0.3) is 0 Å². The first-order chi connectivity index (χ1) is 8.01. The molecule has 0 saturated carbocycles. The zero-order chi connectivity index (χ0) is 12.7. The van der Waals surface area contributed by atoms with Gasteiger partial charge in [-0.15, -0.1) is 0 Å². The first-order valence-corrected chi connectivity index (χ1v) is 6.45. The molecular formula is C14H25N3. The molecule has 96 valence electrons. The van der Waals surface area contributed by atoms with Crippen LogP contribution in [0.1, 0.15) is 40.5 Å². The molecule has 1 heterocycles. The maximum atomic E-state index is 4.28. The summed E-state index contributed by atoms with van der Waals surface area (Å²) >= 11 is 0. The Morgan fingerprint density at radius 2 is 1.94 bits per heavy atom. The van der Waals surface area contributed by atoms with Gasteiger partial charge in [0.15, 0.2) is 0 Å². The zero-order valence-corrected chi connectivity index (χ0v) is 11.5. The molecule has 0 fully saturated rings. The summed E-state index contributed by atoms with van der Waals surface area (Å²) in [7, 11) is 0. The average Bonchev–Trinajstić information content (AvgIpc) is 2.25. The number of aromatic nitrogens is 1. The van der Waals surface area contributed by atoms with Crippen molar-refractivity contribution >= 4 is 11.5 Å². The highest BCUT2D eigenvalue weighted by molar-refractivity contribution is 5.51. The quantitative estimate of drug-likeness (QED) is 0.788. The van der Waals surface area contributed by atoms with Crippen molar-refractivity contribution in [2.75, 3.05) is 23.7 Å². The Hall–Kier alpha value is -1.25. The summed E-state index contributed by atoms with van der Waals surface area (Å²) in [5, 5.41) is 6.73. The Morgan fingerprint density at radius 1 is 1.18 bits per heavy atom. The number of rotatable bonds is 6. The fourth-order valence-electron chi connectivity index (χ4n) is 1.47. The van der Waals surface area contributed by atoms with E-state index in [2.05, 4.69) is 49.4 Å². The summed E-state index contributed by atoms with van der Waals surface area (Å²) in [6.07, 6.45) is 4.12. The number of hydrogen-bond acceptors (Lipinski definition) is 3. The van der Waals surface area contributed by atoms with Gasteiger partial charge in [0.2, 0.25) is 0 Å². The molecule has 0 saturated heterocycles. The van der Waals surface area contributed by atoms with Crippen molar-refractivity contribution in [3.8, 4) is 0 Å². The van der Waals surface area contributed by atoms with Crippen LogP contribution in [0.4, 0.5) is 11.5 Å². The van der Waals surface area contributed by atoms with Crippen molar-refractivity contribution in [1.29, 1.82) is 0 Å². The third-order valence-electron chi connectivity index (χ3n) is 2.52. The number of nitrogens with one attached hydrogen (secondary N) is 2. The van der Waals surface area contributed by atoms with Gasteiger partial charge in [-0.1, -0.05) is 27.7 Å². The molecule has 0 amide bonds. The van der Waals surface area contributed by atoms with E-state index < -0.39 is 0 Å². The molecule has 3 nitrogen and oxygen atoms in total. The minimum atomic E-state index is 0.378. The molecule has 0 aliphatic carbocycles. The van der Waals surface area contributed by atoms with Gasteiger partial charge in [0.05, 0.1) is 0 Å². The predicted molar refractivity (Wildman–Crippen MR) is 75.6 cm³/mol. The number of hydrogen-bond donors (Lipinski definition) is 2. The Balaban J connectivity index is 2.43. The molecule has 1 aromatic heterocycles. The summed E-state index contributed by atoms with van der Waals surface area (Å²) in [4.78, 5) is 4.28. The van der Waals surface area contributed by atoms with E-state index in [0.29, 0.717) is 5.41 Å². The van der Waals surface area contributed by atoms with Crippen molar-refractivity contribution in [3.05, 3.63) is 18.3 Å². The maximum absolute atomic E-state index is 4.28. The smallest absolute Gasteiger partial charge is 0.127 e. The molecule has 0 aromatic carbocycles. The van der Waals surface area contributed by atoms with Gasteiger partial charge < -0.3 is 10.6 Å². The third kappa shape index (κ3) is 6.15. The number of anilines is 2. The summed E-state index contributed by atoms with van der Waals surface area (Å²) in [5.74, 6) is 0.951. The standard InChI is InChI=1S/C14H25N3/c1-5-8-16-13-11-12(6-9-17-13)15-10-7-14(2,3)4/h6,9,11H,5,7-8,10H2,1-4H3,(H2,15,16,17). The minimum Gasteiger partial charge on any atom is -0.385 e. The fraction of sp³-hybridized carbons (Fsp3) is 0.643. The van der Waals surface area contributed by atoms with Crippen LogP contribution in [0.3, 0.4) is 0 Å². The lowest BCUT2D eigenvalue weighted by molar-refractivity contribution is 0.390. The molecule has 0 atom stereocenters. The molecule has 1 rings (SSSR count). The van der Waals surface area contributed by atoms with E-state index in [1.54, 1.807) is 0 Å². The van der Waals surface area contributed by atoms with Crippen molar-refractivity contribution < 1.29 is 0 Å². The van der Waals surface area contributed by atoms with E-state index in [4.69, 9.17) is 0 Å². The van der Waals surface area contributed by atoms with Gasteiger partial charge >= 0.3 is 0 Å². The summed E-state index contributed by atoms with van der Waals surface area (Å²) in [6.45, 7) is 10.9. The molecule has 0 aliphatic rings. The van der Waals surface area contributed by atoms with Crippen molar-refractivity contribution in [2.45, 2.75) is 40.5 Å². The van der Waals surface area contributed by atoms with E-state index in [-0.39, 0.29) is 0 Å². The second-order valence-corrected chi connectivity index (χ2v) is 5.59. The Morgan fingerprint density at radius 3 is 2.59 bits per heavy atom. The van der Waals surface area contributed by atoms with Gasteiger partial charge in [-0.2, -0.15) is 0 Å². The Bertz CT molecular complexity index is 328. The topological polar surface area (TPSA) is 37.0 Å². The van der Waals surface area contributed by atoms with E-state index in [1.807, 2.05) is 12.3 Å². The lowest BCUT2D eigenvalue weighted by atomic mass is 9.92. The van der Waals surface area contributed by atoms with Gasteiger partial charge in [-0.05, 0) is 24.3 Å². The molecule has 2 N–H and O–H groups in total. The lowest BCUT2D eigenvalue weighted by Gasteiger charge is -2.18. The summed E-state index contributed by atoms with van der Waals surface area (Å²) < 4.78 is 0. The summed E-state index contributed by atoms with van der Waals surface area (Å²) in [6, 6.07) is 4.08. The van der Waals surface area contributed by atoms with Crippen molar-refractivity contribution in [2.24, 2.45) is 5.41 Å². The van der Waals surface area contributed by atoms with E-state index >= 15 is 0 Å². The van der Waals surface area contributed by atoms with Gasteiger partial charge in [0.25, 0.3) is 0 Å². The van der Waals surface area contributed by atoms with Crippen LogP contribution in [0, 0.1) is 5.41 Å². The maximum Gasteiger partial charge on any atom is 0.127 e. The monoisotopic (exact) mass is 235 g/mol. The highest BCUT2D eigenvalue weighted by Gasteiger charge is 2.08. The largest absolute Gasteiger partial charge is 0.385 e. The fourth-order valence-corrected chi connectivity index (χ4v) is 1.47. The van der Waals surface area contributed by atoms with Crippen LogP contribution in [0.5, 0.6) is 0 Å². The molecule has 0 aliphatic heterocycles. The van der Waals surface area contributed by atoms with Gasteiger partial charge in [-0.25, -0.2) is 4.98 Å². The highest BCUT2D eigenvalue weighted by Crippen LogP contribution is 2.19. The van der Waals surface area contributed by atoms with E-state index in [1.165, 1.54) is 0 Å². The van der Waals surface area contributed by atoms with Crippen LogP contribution in [0.15, 0.2) is 18.3 Å². The highest BCUT2D eigenvalue weighted by atomic mass is 15.0. The van der Waals surface area contributed by atoms with E-state index in [0.717, 1.165) is 37.4 Å². The molecular weight excluding hydrogens is 210 g/mol. The van der Waals surface area contributed by atoms with Crippen LogP contribution in [-0.4, -0.2) is 18.1 Å². The molecule has 0 spiro atoms. The Kier molecular flexibility index (Phi) is 5.26. The second-order valence-electron chi connectivity index (χ2n) is 5.59. The van der Waals surface area contributed by atoms with Crippen LogP contribution < -0.4 is 10.6 Å². The van der Waals surface area contributed by atoms with Crippen molar-refractivity contribution in [3.63, 3.8) is 0 Å². The van der Waals surface area contributed by atoms with Crippen LogP contribution in [0.2, 0.25) is 0 Å². The van der Waals surface area contributed by atoms with Crippen molar-refractivity contribution in [1.82, 2.24) is 4.98 Å². The molecule has 0 radical (unpaired) electrons. The predicted octanol–water partition coefficient (Wildman–Crippen LogP) is 3.75. The third-order valence-corrected chi connectivity index (χ3v) is 2.52. The molecule has 3 heteroatoms. The summed E-state index contributed by atoms with van der Waals surface area (Å²) in [5.41, 5.74) is 1.52. The molecule has 17 heavy (non-hydrogen) atoms. The molecule has 1 aromatic rings.